The van der Waals surface area contributed by atoms with Gasteiger partial charge in [0.15, 0.2) is 5.82 Å². The summed E-state index contributed by atoms with van der Waals surface area (Å²) in [7, 11) is 1.93. The second-order valence-corrected chi connectivity index (χ2v) is 5.52. The van der Waals surface area contributed by atoms with E-state index in [1.807, 2.05) is 7.05 Å². The molecule has 2 aromatic rings. The van der Waals surface area contributed by atoms with Gasteiger partial charge in [-0.1, -0.05) is 48.3 Å². The van der Waals surface area contributed by atoms with Gasteiger partial charge < -0.3 is 9.84 Å². The molecule has 1 aromatic carbocycles. The fourth-order valence-electron chi connectivity index (χ4n) is 3.16. The minimum atomic E-state index is -0.0390. The molecule has 1 aliphatic carbocycles. The number of nitrogens with zero attached hydrogens (tertiary/aromatic N) is 2. The van der Waals surface area contributed by atoms with Crippen LogP contribution >= 0.6 is 0 Å². The first-order valence-electron chi connectivity index (χ1n) is 7.38. The fraction of sp³-hybridized carbons (Fsp3) is 0.500. The third-order valence-electron chi connectivity index (χ3n) is 4.27. The zero-order valence-electron chi connectivity index (χ0n) is 11.9. The van der Waals surface area contributed by atoms with Gasteiger partial charge in [-0.05, 0) is 25.5 Å². The van der Waals surface area contributed by atoms with Crippen LogP contribution in [0.2, 0.25) is 0 Å². The van der Waals surface area contributed by atoms with Crippen molar-refractivity contribution in [3.05, 3.63) is 47.6 Å². The lowest BCUT2D eigenvalue weighted by Crippen LogP contribution is -2.25. The second kappa shape index (κ2) is 5.75. The summed E-state index contributed by atoms with van der Waals surface area (Å²) in [6.45, 7) is 0.861. The average Bonchev–Trinajstić information content (AvgIpc) is 3.16. The number of aromatic nitrogens is 2. The fourth-order valence-corrected chi connectivity index (χ4v) is 3.16. The van der Waals surface area contributed by atoms with E-state index in [-0.39, 0.29) is 5.41 Å². The van der Waals surface area contributed by atoms with Gasteiger partial charge >= 0.3 is 0 Å². The van der Waals surface area contributed by atoms with Gasteiger partial charge in [0, 0.05) is 13.0 Å². The third kappa shape index (κ3) is 2.36. The first-order chi connectivity index (χ1) is 9.85. The summed E-state index contributed by atoms with van der Waals surface area (Å²) in [6, 6.07) is 10.6. The molecule has 1 fully saturated rings. The number of benzene rings is 1. The molecule has 0 unspecified atom stereocenters. The molecule has 20 heavy (non-hydrogen) atoms. The minimum absolute atomic E-state index is 0.0390. The van der Waals surface area contributed by atoms with Crippen LogP contribution in [0.5, 0.6) is 0 Å². The molecule has 4 nitrogen and oxygen atoms in total. The Morgan fingerprint density at radius 3 is 2.65 bits per heavy atom. The number of nitrogens with one attached hydrogen (secondary N) is 1. The Kier molecular flexibility index (Phi) is 3.83. The van der Waals surface area contributed by atoms with Crippen molar-refractivity contribution in [1.29, 1.82) is 0 Å². The van der Waals surface area contributed by atoms with Crippen molar-refractivity contribution in [3.63, 3.8) is 0 Å². The van der Waals surface area contributed by atoms with Crippen molar-refractivity contribution in [2.75, 3.05) is 13.6 Å². The first-order valence-corrected chi connectivity index (χ1v) is 7.38. The maximum absolute atomic E-state index is 5.42. The molecule has 1 N–H and O–H groups in total. The molecule has 0 atom stereocenters. The Bertz CT molecular complexity index is 544. The van der Waals surface area contributed by atoms with Gasteiger partial charge in [-0.25, -0.2) is 0 Å². The molecule has 1 heterocycles. The van der Waals surface area contributed by atoms with Gasteiger partial charge in [0.2, 0.25) is 5.89 Å². The maximum atomic E-state index is 5.42. The van der Waals surface area contributed by atoms with Gasteiger partial charge in [0.05, 0.1) is 5.41 Å². The van der Waals surface area contributed by atoms with Crippen molar-refractivity contribution >= 4 is 0 Å². The highest BCUT2D eigenvalue weighted by Gasteiger charge is 2.41. The van der Waals surface area contributed by atoms with Crippen molar-refractivity contribution in [1.82, 2.24) is 15.5 Å². The molecule has 1 saturated carbocycles. The van der Waals surface area contributed by atoms with Gasteiger partial charge in [-0.2, -0.15) is 4.98 Å². The van der Waals surface area contributed by atoms with Crippen molar-refractivity contribution in [2.24, 2.45) is 0 Å². The molecule has 0 bridgehead atoms. The molecule has 0 spiro atoms. The summed E-state index contributed by atoms with van der Waals surface area (Å²) in [5, 5.41) is 7.39. The molecule has 0 amide bonds. The predicted octanol–water partition coefficient (Wildman–Crippen LogP) is 2.69. The molecule has 0 saturated heterocycles. The highest BCUT2D eigenvalue weighted by atomic mass is 16.5. The van der Waals surface area contributed by atoms with E-state index in [0.29, 0.717) is 0 Å². The van der Waals surface area contributed by atoms with E-state index in [4.69, 9.17) is 4.52 Å². The topological polar surface area (TPSA) is 51.0 Å². The van der Waals surface area contributed by atoms with Crippen LogP contribution in [0.15, 0.2) is 34.9 Å². The lowest BCUT2D eigenvalue weighted by Gasteiger charge is -2.25. The predicted molar refractivity (Wildman–Crippen MR) is 77.6 cm³/mol. The van der Waals surface area contributed by atoms with Gasteiger partial charge in [-0.15, -0.1) is 0 Å². The van der Waals surface area contributed by atoms with Crippen molar-refractivity contribution < 1.29 is 4.52 Å². The standard InChI is InChI=1S/C16H21N3O/c1-17-12-9-14-18-15(19-20-14)16(10-5-6-11-16)13-7-3-2-4-8-13/h2-4,7-8,17H,5-6,9-12H2,1H3. The number of rotatable bonds is 5. The number of hydrogen-bond donors (Lipinski definition) is 1. The van der Waals surface area contributed by atoms with Crippen LogP contribution in [-0.4, -0.2) is 23.7 Å². The lowest BCUT2D eigenvalue weighted by molar-refractivity contribution is 0.359. The Labute approximate surface area is 119 Å². The summed E-state index contributed by atoms with van der Waals surface area (Å²) >= 11 is 0. The summed E-state index contributed by atoms with van der Waals surface area (Å²) in [4.78, 5) is 4.66. The average molecular weight is 271 g/mol. The van der Waals surface area contributed by atoms with Crippen LogP contribution in [-0.2, 0) is 11.8 Å². The summed E-state index contributed by atoms with van der Waals surface area (Å²) in [6.07, 6.45) is 5.48. The van der Waals surface area contributed by atoms with Gasteiger partial charge in [0.1, 0.15) is 0 Å². The SMILES string of the molecule is CNCCc1nc(C2(c3ccccc3)CCCC2)no1. The van der Waals surface area contributed by atoms with Crippen LogP contribution in [0.25, 0.3) is 0 Å². The van der Waals surface area contributed by atoms with Crippen molar-refractivity contribution in [3.8, 4) is 0 Å². The first kappa shape index (κ1) is 13.3. The number of likely N-dealkylation sites (N-methyl/N-ethyl adjacent to an activating group) is 1. The van der Waals surface area contributed by atoms with E-state index in [0.717, 1.165) is 37.5 Å². The highest BCUT2D eigenvalue weighted by Crippen LogP contribution is 2.44. The van der Waals surface area contributed by atoms with E-state index in [9.17, 15) is 0 Å². The summed E-state index contributed by atoms with van der Waals surface area (Å²) in [5.74, 6) is 1.60. The van der Waals surface area contributed by atoms with E-state index in [2.05, 4.69) is 45.8 Å². The number of hydrogen-bond acceptors (Lipinski definition) is 4. The zero-order chi connectivity index (χ0) is 13.8. The van der Waals surface area contributed by atoms with Crippen LogP contribution in [0, 0.1) is 0 Å². The van der Waals surface area contributed by atoms with Crippen LogP contribution in [0.1, 0.15) is 43.0 Å². The molecular formula is C16H21N3O. The highest BCUT2D eigenvalue weighted by molar-refractivity contribution is 5.33. The molecule has 3 rings (SSSR count). The normalized spacial score (nSPS) is 17.4. The minimum Gasteiger partial charge on any atom is -0.339 e. The zero-order valence-corrected chi connectivity index (χ0v) is 11.9. The van der Waals surface area contributed by atoms with E-state index >= 15 is 0 Å². The third-order valence-corrected chi connectivity index (χ3v) is 4.27. The van der Waals surface area contributed by atoms with E-state index in [1.165, 1.54) is 18.4 Å². The monoisotopic (exact) mass is 271 g/mol. The Balaban J connectivity index is 1.93. The Morgan fingerprint density at radius 2 is 1.95 bits per heavy atom. The van der Waals surface area contributed by atoms with E-state index in [1.54, 1.807) is 0 Å². The van der Waals surface area contributed by atoms with Crippen LogP contribution < -0.4 is 5.32 Å². The molecule has 1 aromatic heterocycles. The molecule has 4 heteroatoms. The largest absolute Gasteiger partial charge is 0.339 e. The van der Waals surface area contributed by atoms with Crippen LogP contribution in [0.3, 0.4) is 0 Å². The summed E-state index contributed by atoms with van der Waals surface area (Å²) in [5.41, 5.74) is 1.28. The molecule has 1 aliphatic rings. The van der Waals surface area contributed by atoms with Gasteiger partial charge in [0.25, 0.3) is 0 Å². The smallest absolute Gasteiger partial charge is 0.227 e. The van der Waals surface area contributed by atoms with E-state index < -0.39 is 0 Å². The Hall–Kier alpha value is -1.68. The Morgan fingerprint density at radius 1 is 1.20 bits per heavy atom. The van der Waals surface area contributed by atoms with Crippen molar-refractivity contribution in [2.45, 2.75) is 37.5 Å². The molecule has 0 aliphatic heterocycles. The second-order valence-electron chi connectivity index (χ2n) is 5.52. The molecular weight excluding hydrogens is 250 g/mol. The van der Waals surface area contributed by atoms with Crippen LogP contribution in [0.4, 0.5) is 0 Å². The molecule has 106 valence electrons. The quantitative estimate of drug-likeness (QED) is 0.908. The maximum Gasteiger partial charge on any atom is 0.227 e. The molecule has 0 radical (unpaired) electrons. The lowest BCUT2D eigenvalue weighted by atomic mass is 9.78. The van der Waals surface area contributed by atoms with Gasteiger partial charge in [-0.3, -0.25) is 0 Å². The summed E-state index contributed by atoms with van der Waals surface area (Å²) < 4.78 is 5.42.